The lowest BCUT2D eigenvalue weighted by Gasteiger charge is -2.19. The van der Waals surface area contributed by atoms with Crippen LogP contribution in [0, 0.1) is 11.3 Å². The zero-order chi connectivity index (χ0) is 12.0. The highest BCUT2D eigenvalue weighted by Gasteiger charge is 2.58. The third-order valence-corrected chi connectivity index (χ3v) is 3.84. The normalized spacial score (nSPS) is 29.9. The molecule has 1 N–H and O–H groups in total. The van der Waals surface area contributed by atoms with Crippen molar-refractivity contribution in [1.82, 2.24) is 0 Å². The molecule has 0 saturated heterocycles. The Balaban J connectivity index is 1.97. The Labute approximate surface area is 99.7 Å². The number of rotatable bonds is 2. The van der Waals surface area contributed by atoms with Crippen LogP contribution in [0.25, 0.3) is 5.57 Å². The number of carboxylic acids is 1. The standard InChI is InChI=1S/C14H14O3/c1-14(13(15)16)8-11(14)9-6-7-17-12-5-3-2-4-10(9)12/h2-6,11H,7-8H2,1H3,(H,15,16). The second-order valence-corrected chi connectivity index (χ2v) is 4.95. The summed E-state index contributed by atoms with van der Waals surface area (Å²) < 4.78 is 5.54. The lowest BCUT2D eigenvalue weighted by atomic mass is 9.93. The quantitative estimate of drug-likeness (QED) is 0.849. The summed E-state index contributed by atoms with van der Waals surface area (Å²) in [7, 11) is 0. The van der Waals surface area contributed by atoms with E-state index in [1.54, 1.807) is 0 Å². The summed E-state index contributed by atoms with van der Waals surface area (Å²) >= 11 is 0. The van der Waals surface area contributed by atoms with E-state index in [9.17, 15) is 9.90 Å². The number of fused-ring (bicyclic) bond motifs is 1. The summed E-state index contributed by atoms with van der Waals surface area (Å²) in [6.07, 6.45) is 2.74. The monoisotopic (exact) mass is 230 g/mol. The summed E-state index contributed by atoms with van der Waals surface area (Å²) in [5.41, 5.74) is 1.60. The van der Waals surface area contributed by atoms with Gasteiger partial charge in [0.25, 0.3) is 0 Å². The molecule has 2 unspecified atom stereocenters. The van der Waals surface area contributed by atoms with E-state index < -0.39 is 11.4 Å². The molecule has 1 heterocycles. The van der Waals surface area contributed by atoms with Crippen LogP contribution < -0.4 is 4.74 Å². The maximum absolute atomic E-state index is 11.2. The van der Waals surface area contributed by atoms with Crippen LogP contribution >= 0.6 is 0 Å². The second kappa shape index (κ2) is 3.36. The van der Waals surface area contributed by atoms with E-state index in [-0.39, 0.29) is 5.92 Å². The number of ether oxygens (including phenoxy) is 1. The van der Waals surface area contributed by atoms with Gasteiger partial charge >= 0.3 is 5.97 Å². The highest BCUT2D eigenvalue weighted by Crippen LogP contribution is 2.60. The molecule has 88 valence electrons. The van der Waals surface area contributed by atoms with Crippen LogP contribution in [0.2, 0.25) is 0 Å². The highest BCUT2D eigenvalue weighted by molar-refractivity contribution is 5.86. The number of carboxylic acid groups (broad SMARTS) is 1. The van der Waals surface area contributed by atoms with Crippen molar-refractivity contribution in [1.29, 1.82) is 0 Å². The van der Waals surface area contributed by atoms with E-state index in [0.29, 0.717) is 6.61 Å². The summed E-state index contributed by atoms with van der Waals surface area (Å²) in [5, 5.41) is 9.20. The highest BCUT2D eigenvalue weighted by atomic mass is 16.5. The maximum Gasteiger partial charge on any atom is 0.309 e. The van der Waals surface area contributed by atoms with Crippen molar-refractivity contribution in [2.75, 3.05) is 6.61 Å². The van der Waals surface area contributed by atoms with E-state index in [4.69, 9.17) is 4.74 Å². The minimum absolute atomic E-state index is 0.130. The summed E-state index contributed by atoms with van der Waals surface area (Å²) in [6.45, 7) is 2.36. The lowest BCUT2D eigenvalue weighted by molar-refractivity contribution is -0.142. The molecule has 2 atom stereocenters. The first kappa shape index (κ1) is 10.4. The molecule has 17 heavy (non-hydrogen) atoms. The summed E-state index contributed by atoms with van der Waals surface area (Å²) in [5.74, 6) is 0.294. The van der Waals surface area contributed by atoms with Crippen molar-refractivity contribution >= 4 is 11.5 Å². The number of benzene rings is 1. The van der Waals surface area contributed by atoms with E-state index in [1.807, 2.05) is 37.3 Å². The van der Waals surface area contributed by atoms with E-state index in [0.717, 1.165) is 23.3 Å². The minimum atomic E-state index is -0.702. The van der Waals surface area contributed by atoms with Gasteiger partial charge in [-0.1, -0.05) is 18.2 Å². The molecule has 2 aliphatic rings. The van der Waals surface area contributed by atoms with Gasteiger partial charge in [0.15, 0.2) is 0 Å². The van der Waals surface area contributed by atoms with Crippen LogP contribution in [0.5, 0.6) is 5.75 Å². The number of hydrogen-bond acceptors (Lipinski definition) is 2. The Morgan fingerprint density at radius 1 is 1.47 bits per heavy atom. The predicted molar refractivity (Wildman–Crippen MR) is 63.8 cm³/mol. The zero-order valence-corrected chi connectivity index (χ0v) is 9.64. The van der Waals surface area contributed by atoms with Gasteiger partial charge in [-0.15, -0.1) is 0 Å². The van der Waals surface area contributed by atoms with Crippen LogP contribution in [0.15, 0.2) is 30.3 Å². The number of carbonyl (C=O) groups is 1. The smallest absolute Gasteiger partial charge is 0.309 e. The predicted octanol–water partition coefficient (Wildman–Crippen LogP) is 2.57. The molecular weight excluding hydrogens is 216 g/mol. The number of para-hydroxylation sites is 1. The molecule has 3 nitrogen and oxygen atoms in total. The summed E-state index contributed by atoms with van der Waals surface area (Å²) in [4.78, 5) is 11.2. The minimum Gasteiger partial charge on any atom is -0.489 e. The Kier molecular flexibility index (Phi) is 2.05. The first-order chi connectivity index (χ1) is 8.13. The second-order valence-electron chi connectivity index (χ2n) is 4.95. The fourth-order valence-corrected chi connectivity index (χ4v) is 2.55. The van der Waals surface area contributed by atoms with Gasteiger partial charge in [0.2, 0.25) is 0 Å². The van der Waals surface area contributed by atoms with E-state index >= 15 is 0 Å². The Morgan fingerprint density at radius 2 is 2.24 bits per heavy atom. The molecule has 3 rings (SSSR count). The van der Waals surface area contributed by atoms with Gasteiger partial charge in [0, 0.05) is 11.5 Å². The molecule has 0 spiro atoms. The van der Waals surface area contributed by atoms with Crippen molar-refractivity contribution < 1.29 is 14.6 Å². The van der Waals surface area contributed by atoms with Gasteiger partial charge in [-0.05, 0) is 31.1 Å². The van der Waals surface area contributed by atoms with Crippen LogP contribution in [-0.4, -0.2) is 17.7 Å². The van der Waals surface area contributed by atoms with Crippen LogP contribution in [0.4, 0.5) is 0 Å². The molecule has 1 aliphatic carbocycles. The van der Waals surface area contributed by atoms with Crippen molar-refractivity contribution in [2.24, 2.45) is 11.3 Å². The first-order valence-electron chi connectivity index (χ1n) is 5.78. The average Bonchev–Trinajstić information content (AvgIpc) is 3.02. The molecule has 1 aliphatic heterocycles. The first-order valence-corrected chi connectivity index (χ1v) is 5.78. The zero-order valence-electron chi connectivity index (χ0n) is 9.64. The topological polar surface area (TPSA) is 46.5 Å². The van der Waals surface area contributed by atoms with E-state index in [1.165, 1.54) is 0 Å². The Bertz CT molecular complexity index is 518. The van der Waals surface area contributed by atoms with Gasteiger partial charge in [-0.3, -0.25) is 4.79 Å². The van der Waals surface area contributed by atoms with Crippen LogP contribution in [-0.2, 0) is 4.79 Å². The molecule has 1 fully saturated rings. The van der Waals surface area contributed by atoms with Crippen molar-refractivity contribution in [3.63, 3.8) is 0 Å². The molecule has 1 saturated carbocycles. The fourth-order valence-electron chi connectivity index (χ4n) is 2.55. The van der Waals surface area contributed by atoms with Crippen molar-refractivity contribution in [3.05, 3.63) is 35.9 Å². The molecule has 0 aromatic heterocycles. The third-order valence-electron chi connectivity index (χ3n) is 3.84. The van der Waals surface area contributed by atoms with Gasteiger partial charge in [-0.25, -0.2) is 0 Å². The van der Waals surface area contributed by atoms with Crippen molar-refractivity contribution in [3.8, 4) is 5.75 Å². The molecule has 0 bridgehead atoms. The fraction of sp³-hybridized carbons (Fsp3) is 0.357. The lowest BCUT2D eigenvalue weighted by Crippen LogP contribution is -2.15. The van der Waals surface area contributed by atoms with Crippen molar-refractivity contribution in [2.45, 2.75) is 13.3 Å². The maximum atomic E-state index is 11.2. The van der Waals surface area contributed by atoms with E-state index in [2.05, 4.69) is 0 Å². The van der Waals surface area contributed by atoms with Gasteiger partial charge < -0.3 is 9.84 Å². The third kappa shape index (κ3) is 1.46. The molecule has 1 aromatic carbocycles. The number of aliphatic carboxylic acids is 1. The number of allylic oxidation sites excluding steroid dienone is 1. The molecule has 1 aromatic rings. The Morgan fingerprint density at radius 3 is 2.94 bits per heavy atom. The van der Waals surface area contributed by atoms with Crippen LogP contribution in [0.1, 0.15) is 18.9 Å². The molecular formula is C14H14O3. The molecule has 3 heteroatoms. The largest absolute Gasteiger partial charge is 0.489 e. The van der Waals surface area contributed by atoms with Gasteiger partial charge in [0.1, 0.15) is 12.4 Å². The van der Waals surface area contributed by atoms with Gasteiger partial charge in [-0.2, -0.15) is 0 Å². The molecule has 0 amide bonds. The Hall–Kier alpha value is -1.77. The SMILES string of the molecule is CC1(C(=O)O)CC1C1=CCOc2ccccc21. The summed E-state index contributed by atoms with van der Waals surface area (Å²) in [6, 6.07) is 7.83. The van der Waals surface area contributed by atoms with Crippen LogP contribution in [0.3, 0.4) is 0 Å². The van der Waals surface area contributed by atoms with Gasteiger partial charge in [0.05, 0.1) is 5.41 Å². The number of hydrogen-bond donors (Lipinski definition) is 1. The molecule has 0 radical (unpaired) electrons. The average molecular weight is 230 g/mol.